The Labute approximate surface area is 79.4 Å². The highest BCUT2D eigenvalue weighted by molar-refractivity contribution is 5.21. The monoisotopic (exact) mass is 174 g/mol. The highest BCUT2D eigenvalue weighted by Crippen LogP contribution is 2.12. The smallest absolute Gasteiger partial charge is 0.120 e. The van der Waals surface area contributed by atoms with Crippen LogP contribution in [0.1, 0.15) is 6.42 Å². The van der Waals surface area contributed by atoms with E-state index in [9.17, 15) is 0 Å². The molecular formula is C12H14O. The van der Waals surface area contributed by atoms with Crippen LogP contribution in [0.2, 0.25) is 0 Å². The minimum Gasteiger partial charge on any atom is -0.486 e. The molecule has 0 aromatic heterocycles. The van der Waals surface area contributed by atoms with Gasteiger partial charge < -0.3 is 4.74 Å². The Bertz CT molecular complexity index is 264. The molecule has 0 aliphatic rings. The van der Waals surface area contributed by atoms with Crippen molar-refractivity contribution in [2.75, 3.05) is 0 Å². The Morgan fingerprint density at radius 2 is 1.92 bits per heavy atom. The zero-order chi connectivity index (χ0) is 9.52. The fraction of sp³-hybridized carbons (Fsp3) is 0.167. The first kappa shape index (κ1) is 9.59. The summed E-state index contributed by atoms with van der Waals surface area (Å²) >= 11 is 0. The Kier molecular flexibility index (Phi) is 3.83. The summed E-state index contributed by atoms with van der Waals surface area (Å²) in [5.41, 5.74) is 0. The molecule has 1 rings (SSSR count). The highest BCUT2D eigenvalue weighted by Gasteiger charge is 2.01. The second kappa shape index (κ2) is 5.20. The van der Waals surface area contributed by atoms with Crippen molar-refractivity contribution in [2.24, 2.45) is 0 Å². The molecule has 0 heterocycles. The molecule has 0 aliphatic carbocycles. The summed E-state index contributed by atoms with van der Waals surface area (Å²) in [6.07, 6.45) is 4.43. The molecule has 1 atom stereocenters. The summed E-state index contributed by atoms with van der Waals surface area (Å²) in [5.74, 6) is 0.870. The van der Waals surface area contributed by atoms with Crippen LogP contribution >= 0.6 is 0 Å². The van der Waals surface area contributed by atoms with Gasteiger partial charge in [-0.3, -0.25) is 0 Å². The molecule has 1 aromatic rings. The highest BCUT2D eigenvalue weighted by atomic mass is 16.5. The summed E-state index contributed by atoms with van der Waals surface area (Å²) in [7, 11) is 0. The van der Waals surface area contributed by atoms with Gasteiger partial charge in [0.15, 0.2) is 0 Å². The van der Waals surface area contributed by atoms with Gasteiger partial charge in [-0.2, -0.15) is 0 Å². The number of rotatable bonds is 5. The van der Waals surface area contributed by atoms with E-state index in [-0.39, 0.29) is 6.10 Å². The van der Waals surface area contributed by atoms with Crippen molar-refractivity contribution >= 4 is 0 Å². The van der Waals surface area contributed by atoms with Crippen LogP contribution in [-0.2, 0) is 0 Å². The van der Waals surface area contributed by atoms with E-state index in [0.717, 1.165) is 12.2 Å². The molecule has 0 N–H and O–H groups in total. The van der Waals surface area contributed by atoms with Gasteiger partial charge in [-0.25, -0.2) is 0 Å². The topological polar surface area (TPSA) is 9.23 Å². The Morgan fingerprint density at radius 3 is 2.46 bits per heavy atom. The molecule has 68 valence electrons. The maximum absolute atomic E-state index is 5.61. The van der Waals surface area contributed by atoms with Crippen LogP contribution in [0.4, 0.5) is 0 Å². The zero-order valence-corrected chi connectivity index (χ0v) is 7.65. The molecular weight excluding hydrogens is 160 g/mol. The van der Waals surface area contributed by atoms with E-state index in [4.69, 9.17) is 4.74 Å². The normalized spacial score (nSPS) is 11.7. The third-order valence-electron chi connectivity index (χ3n) is 1.69. The van der Waals surface area contributed by atoms with Gasteiger partial charge in [-0.15, -0.1) is 6.58 Å². The SMILES string of the molecule is C=CCC(C=C)Oc1ccccc1. The number of hydrogen-bond donors (Lipinski definition) is 0. The van der Waals surface area contributed by atoms with Crippen LogP contribution in [0.15, 0.2) is 55.6 Å². The van der Waals surface area contributed by atoms with Gasteiger partial charge in [0.25, 0.3) is 0 Å². The van der Waals surface area contributed by atoms with E-state index in [1.165, 1.54) is 0 Å². The third kappa shape index (κ3) is 3.16. The first-order chi connectivity index (χ1) is 6.36. The lowest BCUT2D eigenvalue weighted by Gasteiger charge is -2.12. The zero-order valence-electron chi connectivity index (χ0n) is 7.65. The van der Waals surface area contributed by atoms with Gasteiger partial charge >= 0.3 is 0 Å². The van der Waals surface area contributed by atoms with E-state index in [2.05, 4.69) is 13.2 Å². The molecule has 0 saturated carbocycles. The van der Waals surface area contributed by atoms with Crippen molar-refractivity contribution in [1.29, 1.82) is 0 Å². The standard InChI is InChI=1S/C12H14O/c1-3-8-11(4-2)13-12-9-6-5-7-10-12/h3-7,9-11H,1-2,8H2. The predicted octanol–water partition coefficient (Wildman–Crippen LogP) is 3.20. The maximum Gasteiger partial charge on any atom is 0.120 e. The summed E-state index contributed by atoms with van der Waals surface area (Å²) < 4.78 is 5.61. The quantitative estimate of drug-likeness (QED) is 0.623. The lowest BCUT2D eigenvalue weighted by atomic mass is 10.2. The van der Waals surface area contributed by atoms with Crippen LogP contribution < -0.4 is 4.74 Å². The van der Waals surface area contributed by atoms with Crippen LogP contribution in [0.25, 0.3) is 0 Å². The third-order valence-corrected chi connectivity index (χ3v) is 1.69. The second-order valence-electron chi connectivity index (χ2n) is 2.73. The number of ether oxygens (including phenoxy) is 1. The van der Waals surface area contributed by atoms with E-state index in [1.807, 2.05) is 36.4 Å². The van der Waals surface area contributed by atoms with E-state index in [0.29, 0.717) is 0 Å². The van der Waals surface area contributed by atoms with E-state index < -0.39 is 0 Å². The fourth-order valence-electron chi connectivity index (χ4n) is 1.03. The molecule has 0 aliphatic heterocycles. The minimum atomic E-state index is 0.0277. The Hall–Kier alpha value is -1.50. The van der Waals surface area contributed by atoms with Gasteiger partial charge in [0.1, 0.15) is 11.9 Å². The van der Waals surface area contributed by atoms with Crippen molar-refractivity contribution in [3.8, 4) is 5.75 Å². The van der Waals surface area contributed by atoms with Gasteiger partial charge in [0.05, 0.1) is 0 Å². The molecule has 0 amide bonds. The van der Waals surface area contributed by atoms with Gasteiger partial charge in [-0.1, -0.05) is 36.9 Å². The summed E-state index contributed by atoms with van der Waals surface area (Å²) in [4.78, 5) is 0. The summed E-state index contributed by atoms with van der Waals surface area (Å²) in [5, 5.41) is 0. The number of para-hydroxylation sites is 1. The van der Waals surface area contributed by atoms with Crippen LogP contribution in [0.3, 0.4) is 0 Å². The lowest BCUT2D eigenvalue weighted by Crippen LogP contribution is -2.11. The van der Waals surface area contributed by atoms with Crippen molar-refractivity contribution in [3.05, 3.63) is 55.6 Å². The van der Waals surface area contributed by atoms with Crippen molar-refractivity contribution in [1.82, 2.24) is 0 Å². The predicted molar refractivity (Wildman–Crippen MR) is 55.9 cm³/mol. The van der Waals surface area contributed by atoms with E-state index in [1.54, 1.807) is 6.08 Å². The van der Waals surface area contributed by atoms with Crippen LogP contribution in [0, 0.1) is 0 Å². The number of hydrogen-bond acceptors (Lipinski definition) is 1. The minimum absolute atomic E-state index is 0.0277. The largest absolute Gasteiger partial charge is 0.486 e. The van der Waals surface area contributed by atoms with Gasteiger partial charge in [0, 0.05) is 6.42 Å². The summed E-state index contributed by atoms with van der Waals surface area (Å²) in [6, 6.07) is 9.72. The average molecular weight is 174 g/mol. The molecule has 0 radical (unpaired) electrons. The van der Waals surface area contributed by atoms with Gasteiger partial charge in [0.2, 0.25) is 0 Å². The van der Waals surface area contributed by atoms with Crippen LogP contribution in [-0.4, -0.2) is 6.10 Å². The molecule has 0 saturated heterocycles. The molecule has 0 bridgehead atoms. The first-order valence-electron chi connectivity index (χ1n) is 4.32. The van der Waals surface area contributed by atoms with Gasteiger partial charge in [-0.05, 0) is 12.1 Å². The first-order valence-corrected chi connectivity index (χ1v) is 4.32. The molecule has 1 aromatic carbocycles. The second-order valence-corrected chi connectivity index (χ2v) is 2.73. The van der Waals surface area contributed by atoms with Crippen LogP contribution in [0.5, 0.6) is 5.75 Å². The lowest BCUT2D eigenvalue weighted by molar-refractivity contribution is 0.253. The van der Waals surface area contributed by atoms with Crippen molar-refractivity contribution in [3.63, 3.8) is 0 Å². The molecule has 13 heavy (non-hydrogen) atoms. The van der Waals surface area contributed by atoms with Crippen molar-refractivity contribution < 1.29 is 4.74 Å². The molecule has 1 nitrogen and oxygen atoms in total. The van der Waals surface area contributed by atoms with Crippen molar-refractivity contribution in [2.45, 2.75) is 12.5 Å². The maximum atomic E-state index is 5.61. The fourth-order valence-corrected chi connectivity index (χ4v) is 1.03. The molecule has 0 spiro atoms. The summed E-state index contributed by atoms with van der Waals surface area (Å²) in [6.45, 7) is 7.37. The molecule has 1 heteroatoms. The molecule has 0 fully saturated rings. The molecule has 1 unspecified atom stereocenters. The Morgan fingerprint density at radius 1 is 1.23 bits per heavy atom. The Balaban J connectivity index is 2.56. The number of benzene rings is 1. The average Bonchev–Trinajstić information content (AvgIpc) is 2.19. The van der Waals surface area contributed by atoms with E-state index >= 15 is 0 Å².